The normalized spacial score (nSPS) is 12.4. The SMILES string of the molecule is COCc1cc(COc2ccc(Br)c(CC(C)N)c2)no1. The van der Waals surface area contributed by atoms with E-state index in [9.17, 15) is 0 Å². The van der Waals surface area contributed by atoms with Crippen LogP contribution < -0.4 is 10.5 Å². The van der Waals surface area contributed by atoms with E-state index < -0.39 is 0 Å². The number of rotatable bonds is 7. The van der Waals surface area contributed by atoms with E-state index in [-0.39, 0.29) is 6.04 Å². The van der Waals surface area contributed by atoms with Crippen molar-refractivity contribution >= 4 is 15.9 Å². The van der Waals surface area contributed by atoms with E-state index in [0.29, 0.717) is 19.0 Å². The summed E-state index contributed by atoms with van der Waals surface area (Å²) in [4.78, 5) is 0. The van der Waals surface area contributed by atoms with Gasteiger partial charge in [0.15, 0.2) is 5.76 Å². The van der Waals surface area contributed by atoms with E-state index in [1.165, 1.54) is 0 Å². The van der Waals surface area contributed by atoms with Crippen LogP contribution >= 0.6 is 15.9 Å². The fraction of sp³-hybridized carbons (Fsp3) is 0.400. The third kappa shape index (κ3) is 4.84. The minimum Gasteiger partial charge on any atom is -0.487 e. The highest BCUT2D eigenvalue weighted by Crippen LogP contribution is 2.24. The molecule has 2 rings (SSSR count). The molecule has 5 nitrogen and oxygen atoms in total. The highest BCUT2D eigenvalue weighted by Gasteiger charge is 2.07. The molecule has 0 amide bonds. The average molecular weight is 355 g/mol. The fourth-order valence-electron chi connectivity index (χ4n) is 1.94. The van der Waals surface area contributed by atoms with Crippen LogP contribution in [0.1, 0.15) is 23.9 Å². The van der Waals surface area contributed by atoms with E-state index in [4.69, 9.17) is 19.7 Å². The quantitative estimate of drug-likeness (QED) is 0.827. The Labute approximate surface area is 132 Å². The second-order valence-corrected chi connectivity index (χ2v) is 5.80. The Morgan fingerprint density at radius 2 is 2.14 bits per heavy atom. The minimum absolute atomic E-state index is 0.101. The standard InChI is InChI=1S/C15H19BrN2O3/c1-10(17)5-11-6-13(3-4-15(11)16)20-8-12-7-14(9-19-2)21-18-12/h3-4,6-7,10H,5,8-9,17H2,1-2H3. The zero-order valence-corrected chi connectivity index (χ0v) is 13.7. The van der Waals surface area contributed by atoms with Gasteiger partial charge in [-0.15, -0.1) is 0 Å². The van der Waals surface area contributed by atoms with Crippen LogP contribution in [0.4, 0.5) is 0 Å². The zero-order chi connectivity index (χ0) is 15.2. The van der Waals surface area contributed by atoms with Crippen LogP contribution in [0.15, 0.2) is 33.3 Å². The van der Waals surface area contributed by atoms with Crippen LogP contribution in [-0.4, -0.2) is 18.3 Å². The molecule has 0 spiro atoms. The van der Waals surface area contributed by atoms with E-state index >= 15 is 0 Å². The molecule has 1 atom stereocenters. The van der Waals surface area contributed by atoms with Crippen LogP contribution in [0.3, 0.4) is 0 Å². The summed E-state index contributed by atoms with van der Waals surface area (Å²) >= 11 is 3.52. The summed E-state index contributed by atoms with van der Waals surface area (Å²) < 4.78 is 16.9. The molecule has 0 aliphatic carbocycles. The maximum absolute atomic E-state index is 5.84. The van der Waals surface area contributed by atoms with Crippen molar-refractivity contribution in [2.45, 2.75) is 32.6 Å². The van der Waals surface area contributed by atoms with Gasteiger partial charge in [0.25, 0.3) is 0 Å². The van der Waals surface area contributed by atoms with Gasteiger partial charge in [-0.05, 0) is 37.1 Å². The molecule has 0 saturated heterocycles. The number of aromatic nitrogens is 1. The van der Waals surface area contributed by atoms with Crippen molar-refractivity contribution in [2.24, 2.45) is 5.73 Å². The largest absolute Gasteiger partial charge is 0.487 e. The summed E-state index contributed by atoms with van der Waals surface area (Å²) in [5.41, 5.74) is 7.71. The Morgan fingerprint density at radius 1 is 1.33 bits per heavy atom. The molecule has 2 aromatic rings. The van der Waals surface area contributed by atoms with Gasteiger partial charge in [-0.3, -0.25) is 0 Å². The summed E-state index contributed by atoms with van der Waals surface area (Å²) in [6, 6.07) is 7.79. The van der Waals surface area contributed by atoms with Gasteiger partial charge in [-0.1, -0.05) is 21.1 Å². The van der Waals surface area contributed by atoms with E-state index in [1.54, 1.807) is 7.11 Å². The second-order valence-electron chi connectivity index (χ2n) is 4.94. The molecule has 0 saturated carbocycles. The number of halogens is 1. The summed E-state index contributed by atoms with van der Waals surface area (Å²) in [7, 11) is 1.61. The van der Waals surface area contributed by atoms with Gasteiger partial charge in [-0.2, -0.15) is 0 Å². The lowest BCUT2D eigenvalue weighted by Crippen LogP contribution is -2.18. The average Bonchev–Trinajstić information content (AvgIpc) is 2.87. The summed E-state index contributed by atoms with van der Waals surface area (Å²) in [6.07, 6.45) is 0.791. The zero-order valence-electron chi connectivity index (χ0n) is 12.1. The van der Waals surface area contributed by atoms with E-state index in [2.05, 4.69) is 21.1 Å². The van der Waals surface area contributed by atoms with Crippen molar-refractivity contribution in [1.29, 1.82) is 0 Å². The number of benzene rings is 1. The molecule has 6 heteroatoms. The smallest absolute Gasteiger partial charge is 0.162 e. The highest BCUT2D eigenvalue weighted by molar-refractivity contribution is 9.10. The van der Waals surface area contributed by atoms with Crippen molar-refractivity contribution in [3.05, 3.63) is 45.8 Å². The predicted molar refractivity (Wildman–Crippen MR) is 83.0 cm³/mol. The van der Waals surface area contributed by atoms with E-state index in [1.807, 2.05) is 31.2 Å². The predicted octanol–water partition coefficient (Wildman–Crippen LogP) is 3.05. The van der Waals surface area contributed by atoms with Crippen molar-refractivity contribution in [1.82, 2.24) is 5.16 Å². The number of nitrogens with two attached hydrogens (primary N) is 1. The molecular weight excluding hydrogens is 336 g/mol. The summed E-state index contributed by atoms with van der Waals surface area (Å²) in [6.45, 7) is 2.74. The van der Waals surface area contributed by atoms with Crippen LogP contribution in [0.25, 0.3) is 0 Å². The Kier molecular flexibility index (Phi) is 5.78. The van der Waals surface area contributed by atoms with Crippen LogP contribution in [0, 0.1) is 0 Å². The molecule has 0 radical (unpaired) electrons. The first-order valence-corrected chi connectivity index (χ1v) is 7.48. The molecule has 1 unspecified atom stereocenters. The molecule has 2 N–H and O–H groups in total. The molecule has 0 fully saturated rings. The summed E-state index contributed by atoms with van der Waals surface area (Å²) in [5, 5.41) is 3.93. The molecule has 1 aromatic heterocycles. The first-order valence-electron chi connectivity index (χ1n) is 6.68. The van der Waals surface area contributed by atoms with Gasteiger partial charge < -0.3 is 19.7 Å². The third-order valence-corrected chi connectivity index (χ3v) is 3.61. The highest BCUT2D eigenvalue weighted by atomic mass is 79.9. The molecule has 21 heavy (non-hydrogen) atoms. The van der Waals surface area contributed by atoms with Crippen molar-refractivity contribution < 1.29 is 14.0 Å². The lowest BCUT2D eigenvalue weighted by Gasteiger charge is -2.10. The van der Waals surface area contributed by atoms with Crippen molar-refractivity contribution in [3.8, 4) is 5.75 Å². The molecule has 114 valence electrons. The van der Waals surface area contributed by atoms with Gasteiger partial charge in [-0.25, -0.2) is 0 Å². The van der Waals surface area contributed by atoms with Crippen LogP contribution in [0.2, 0.25) is 0 Å². The van der Waals surface area contributed by atoms with Crippen molar-refractivity contribution in [3.63, 3.8) is 0 Å². The molecule has 0 bridgehead atoms. The lowest BCUT2D eigenvalue weighted by molar-refractivity contribution is 0.155. The maximum Gasteiger partial charge on any atom is 0.162 e. The monoisotopic (exact) mass is 354 g/mol. The van der Waals surface area contributed by atoms with Gasteiger partial charge in [0.2, 0.25) is 0 Å². The lowest BCUT2D eigenvalue weighted by atomic mass is 10.1. The van der Waals surface area contributed by atoms with Gasteiger partial charge in [0.1, 0.15) is 24.7 Å². The molecular formula is C15H19BrN2O3. The first kappa shape index (κ1) is 16.0. The van der Waals surface area contributed by atoms with Crippen LogP contribution in [-0.2, 0) is 24.4 Å². The fourth-order valence-corrected chi connectivity index (χ4v) is 2.34. The Bertz CT molecular complexity index is 584. The van der Waals surface area contributed by atoms with Gasteiger partial charge in [0, 0.05) is 23.7 Å². The topological polar surface area (TPSA) is 70.5 Å². The molecule has 1 heterocycles. The number of hydrogen-bond donors (Lipinski definition) is 1. The number of hydrogen-bond acceptors (Lipinski definition) is 5. The van der Waals surface area contributed by atoms with Crippen LogP contribution in [0.5, 0.6) is 5.75 Å². The third-order valence-electron chi connectivity index (χ3n) is 2.84. The molecule has 0 aliphatic heterocycles. The second kappa shape index (κ2) is 7.59. The number of ether oxygens (including phenoxy) is 2. The molecule has 0 aliphatic rings. The molecule has 1 aromatic carbocycles. The Balaban J connectivity index is 1.98. The van der Waals surface area contributed by atoms with E-state index in [0.717, 1.165) is 27.9 Å². The van der Waals surface area contributed by atoms with Crippen molar-refractivity contribution in [2.75, 3.05) is 7.11 Å². The Morgan fingerprint density at radius 3 is 2.86 bits per heavy atom. The van der Waals surface area contributed by atoms with Gasteiger partial charge >= 0.3 is 0 Å². The summed E-state index contributed by atoms with van der Waals surface area (Å²) in [5.74, 6) is 1.47. The maximum atomic E-state index is 5.84. The minimum atomic E-state index is 0.101. The number of methoxy groups -OCH3 is 1. The number of nitrogens with zero attached hydrogens (tertiary/aromatic N) is 1. The van der Waals surface area contributed by atoms with Gasteiger partial charge in [0.05, 0.1) is 0 Å². The Hall–Kier alpha value is -1.37. The first-order chi connectivity index (χ1) is 10.1.